The molecule has 5 nitrogen and oxygen atoms in total. The average Bonchev–Trinajstić information content (AvgIpc) is 3.04. The van der Waals surface area contributed by atoms with Crippen LogP contribution in [0.5, 0.6) is 5.75 Å². The van der Waals surface area contributed by atoms with Crippen molar-refractivity contribution in [3.8, 4) is 5.75 Å². The van der Waals surface area contributed by atoms with Gasteiger partial charge in [0.25, 0.3) is 5.91 Å². The lowest BCUT2D eigenvalue weighted by Crippen LogP contribution is -2.17. The molecular weight excluding hydrogens is 321 g/mol. The van der Waals surface area contributed by atoms with Crippen LogP contribution in [-0.4, -0.2) is 21.8 Å². The molecule has 3 rings (SSSR count). The maximum atomic E-state index is 13.8. The van der Waals surface area contributed by atoms with Crippen molar-refractivity contribution in [1.82, 2.24) is 9.99 Å². The molecule has 6 heteroatoms. The van der Waals surface area contributed by atoms with E-state index in [4.69, 9.17) is 0 Å². The minimum Gasteiger partial charge on any atom is -0.508 e. The summed E-state index contributed by atoms with van der Waals surface area (Å²) in [6.45, 7) is 0.368. The van der Waals surface area contributed by atoms with Crippen molar-refractivity contribution in [3.63, 3.8) is 0 Å². The number of hydrogen-bond acceptors (Lipinski definition) is 3. The van der Waals surface area contributed by atoms with Gasteiger partial charge in [0, 0.05) is 17.3 Å². The standard InChI is InChI=1S/C19H16FN3O2/c20-18-6-2-1-4-15(18)13-23-11-3-5-16(23)12-21-22-19(25)14-7-9-17(24)10-8-14/h1-12,24H,13H2,(H,22,25)/b21-12+. The van der Waals surface area contributed by atoms with Crippen LogP contribution < -0.4 is 5.43 Å². The van der Waals surface area contributed by atoms with E-state index in [1.54, 1.807) is 18.2 Å². The van der Waals surface area contributed by atoms with Crippen molar-refractivity contribution >= 4 is 12.1 Å². The lowest BCUT2D eigenvalue weighted by Gasteiger charge is -2.07. The van der Waals surface area contributed by atoms with Crippen LogP contribution in [0.25, 0.3) is 0 Å². The fourth-order valence-corrected chi connectivity index (χ4v) is 2.33. The van der Waals surface area contributed by atoms with Gasteiger partial charge in [-0.1, -0.05) is 18.2 Å². The Bertz CT molecular complexity index is 901. The van der Waals surface area contributed by atoms with E-state index in [-0.39, 0.29) is 17.5 Å². The predicted molar refractivity (Wildman–Crippen MR) is 93.1 cm³/mol. The molecule has 1 aromatic heterocycles. The first-order valence-corrected chi connectivity index (χ1v) is 7.64. The van der Waals surface area contributed by atoms with Gasteiger partial charge in [0.15, 0.2) is 0 Å². The van der Waals surface area contributed by atoms with Crippen LogP contribution in [0.4, 0.5) is 4.39 Å². The highest BCUT2D eigenvalue weighted by atomic mass is 19.1. The monoisotopic (exact) mass is 337 g/mol. The van der Waals surface area contributed by atoms with Gasteiger partial charge in [0.1, 0.15) is 11.6 Å². The van der Waals surface area contributed by atoms with Gasteiger partial charge in [-0.05, 0) is 42.5 Å². The van der Waals surface area contributed by atoms with E-state index >= 15 is 0 Å². The number of aromatic hydroxyl groups is 1. The summed E-state index contributed by atoms with van der Waals surface area (Å²) in [4.78, 5) is 11.9. The average molecular weight is 337 g/mol. The lowest BCUT2D eigenvalue weighted by molar-refractivity contribution is 0.0955. The summed E-state index contributed by atoms with van der Waals surface area (Å²) in [7, 11) is 0. The van der Waals surface area contributed by atoms with Gasteiger partial charge in [-0.2, -0.15) is 5.10 Å². The number of amides is 1. The van der Waals surface area contributed by atoms with Gasteiger partial charge < -0.3 is 9.67 Å². The molecule has 0 aliphatic rings. The van der Waals surface area contributed by atoms with Gasteiger partial charge in [-0.3, -0.25) is 4.79 Å². The van der Waals surface area contributed by atoms with Crippen LogP contribution >= 0.6 is 0 Å². The van der Waals surface area contributed by atoms with Crippen LogP contribution in [0.2, 0.25) is 0 Å². The largest absolute Gasteiger partial charge is 0.508 e. The number of hydrogen-bond donors (Lipinski definition) is 2. The van der Waals surface area contributed by atoms with Gasteiger partial charge in [0.05, 0.1) is 18.5 Å². The van der Waals surface area contributed by atoms with Crippen molar-refractivity contribution < 1.29 is 14.3 Å². The first-order chi connectivity index (χ1) is 12.1. The first kappa shape index (κ1) is 16.4. The first-order valence-electron chi connectivity index (χ1n) is 7.64. The fourth-order valence-electron chi connectivity index (χ4n) is 2.33. The second-order valence-electron chi connectivity index (χ2n) is 5.40. The zero-order valence-corrected chi connectivity index (χ0v) is 13.3. The summed E-state index contributed by atoms with van der Waals surface area (Å²) in [5.74, 6) is -0.561. The third-order valence-electron chi connectivity index (χ3n) is 3.66. The second kappa shape index (κ2) is 7.44. The van der Waals surface area contributed by atoms with Crippen LogP contribution in [0.15, 0.2) is 72.0 Å². The third-order valence-corrected chi connectivity index (χ3v) is 3.66. The van der Waals surface area contributed by atoms with Crippen molar-refractivity contribution in [1.29, 1.82) is 0 Å². The van der Waals surface area contributed by atoms with Gasteiger partial charge >= 0.3 is 0 Å². The molecule has 0 aliphatic heterocycles. The zero-order chi connectivity index (χ0) is 17.6. The number of phenols is 1. The Hall–Kier alpha value is -3.41. The lowest BCUT2D eigenvalue weighted by atomic mass is 10.2. The molecule has 0 unspecified atom stereocenters. The minimum atomic E-state index is -0.386. The summed E-state index contributed by atoms with van der Waals surface area (Å²) >= 11 is 0. The number of carbonyl (C=O) groups excluding carboxylic acids is 1. The summed E-state index contributed by atoms with van der Waals surface area (Å²) in [5.41, 5.74) is 4.11. The Kier molecular flexibility index (Phi) is 4.89. The summed E-state index contributed by atoms with van der Waals surface area (Å²) in [6, 6.07) is 16.1. The van der Waals surface area contributed by atoms with E-state index < -0.39 is 0 Å². The number of halogens is 1. The van der Waals surface area contributed by atoms with Crippen molar-refractivity contribution in [3.05, 3.63) is 89.5 Å². The topological polar surface area (TPSA) is 66.6 Å². The predicted octanol–water partition coefficient (Wildman–Crippen LogP) is 3.15. The van der Waals surface area contributed by atoms with Crippen molar-refractivity contribution in [2.24, 2.45) is 5.10 Å². The molecule has 0 spiro atoms. The number of benzene rings is 2. The number of nitrogens with zero attached hydrogens (tertiary/aromatic N) is 2. The SMILES string of the molecule is O=C(N/N=C/c1cccn1Cc1ccccc1F)c1ccc(O)cc1. The number of aromatic nitrogens is 1. The molecule has 0 aliphatic carbocycles. The molecule has 0 atom stereocenters. The minimum absolute atomic E-state index is 0.0889. The van der Waals surface area contributed by atoms with Crippen LogP contribution in [0, 0.1) is 5.82 Å². The highest BCUT2D eigenvalue weighted by molar-refractivity contribution is 5.94. The van der Waals surface area contributed by atoms with Crippen molar-refractivity contribution in [2.45, 2.75) is 6.54 Å². The van der Waals surface area contributed by atoms with E-state index in [1.807, 2.05) is 22.9 Å². The molecule has 1 amide bonds. The van der Waals surface area contributed by atoms with E-state index in [1.165, 1.54) is 36.5 Å². The zero-order valence-electron chi connectivity index (χ0n) is 13.3. The molecule has 0 saturated heterocycles. The highest BCUT2D eigenvalue weighted by Gasteiger charge is 2.05. The van der Waals surface area contributed by atoms with Gasteiger partial charge in [0.2, 0.25) is 0 Å². The molecule has 0 bridgehead atoms. The Morgan fingerprint density at radius 2 is 1.88 bits per heavy atom. The number of phenolic OH excluding ortho intramolecular Hbond substituents is 1. The second-order valence-corrected chi connectivity index (χ2v) is 5.40. The van der Waals surface area contributed by atoms with E-state index in [2.05, 4.69) is 10.5 Å². The number of nitrogens with one attached hydrogen (secondary N) is 1. The van der Waals surface area contributed by atoms with Gasteiger partial charge in [-0.25, -0.2) is 9.82 Å². The molecule has 0 radical (unpaired) electrons. The summed E-state index contributed by atoms with van der Waals surface area (Å²) in [6.07, 6.45) is 3.31. The molecule has 126 valence electrons. The van der Waals surface area contributed by atoms with Crippen LogP contribution in [0.1, 0.15) is 21.6 Å². The molecule has 25 heavy (non-hydrogen) atoms. The van der Waals surface area contributed by atoms with E-state index in [0.717, 1.165) is 5.69 Å². The Morgan fingerprint density at radius 1 is 1.12 bits per heavy atom. The molecule has 2 N–H and O–H groups in total. The maximum absolute atomic E-state index is 13.8. The van der Waals surface area contributed by atoms with E-state index in [0.29, 0.717) is 17.7 Å². The Balaban J connectivity index is 1.66. The smallest absolute Gasteiger partial charge is 0.271 e. The normalized spacial score (nSPS) is 10.9. The molecule has 2 aromatic carbocycles. The summed E-state index contributed by atoms with van der Waals surface area (Å²) < 4.78 is 15.6. The molecular formula is C19H16FN3O2. The molecule has 0 saturated carbocycles. The Labute approximate surface area is 144 Å². The maximum Gasteiger partial charge on any atom is 0.271 e. The number of carbonyl (C=O) groups is 1. The number of rotatable bonds is 5. The molecule has 0 fully saturated rings. The van der Waals surface area contributed by atoms with Crippen LogP contribution in [0.3, 0.4) is 0 Å². The van der Waals surface area contributed by atoms with E-state index in [9.17, 15) is 14.3 Å². The van der Waals surface area contributed by atoms with Crippen molar-refractivity contribution in [2.75, 3.05) is 0 Å². The third kappa shape index (κ3) is 4.11. The highest BCUT2D eigenvalue weighted by Crippen LogP contribution is 2.11. The van der Waals surface area contributed by atoms with Gasteiger partial charge in [-0.15, -0.1) is 0 Å². The fraction of sp³-hybridized carbons (Fsp3) is 0.0526. The number of hydrazone groups is 1. The summed E-state index contributed by atoms with van der Waals surface area (Å²) in [5, 5.41) is 13.2. The Morgan fingerprint density at radius 3 is 2.64 bits per heavy atom. The quantitative estimate of drug-likeness (QED) is 0.555. The molecule has 1 heterocycles. The molecule has 3 aromatic rings. The van der Waals surface area contributed by atoms with Crippen LogP contribution in [-0.2, 0) is 6.54 Å².